The SMILES string of the molecule is CCN1CCc2ncncc2C1. The van der Waals surface area contributed by atoms with Gasteiger partial charge in [0.1, 0.15) is 6.33 Å². The normalized spacial score (nSPS) is 17.4. The van der Waals surface area contributed by atoms with Crippen molar-refractivity contribution in [3.8, 4) is 0 Å². The summed E-state index contributed by atoms with van der Waals surface area (Å²) in [7, 11) is 0. The third kappa shape index (κ3) is 1.32. The molecule has 64 valence electrons. The molecule has 1 aliphatic rings. The highest BCUT2D eigenvalue weighted by atomic mass is 15.1. The van der Waals surface area contributed by atoms with E-state index in [2.05, 4.69) is 21.8 Å². The van der Waals surface area contributed by atoms with Gasteiger partial charge in [-0.3, -0.25) is 4.90 Å². The Morgan fingerprint density at radius 1 is 1.58 bits per heavy atom. The van der Waals surface area contributed by atoms with E-state index < -0.39 is 0 Å². The summed E-state index contributed by atoms with van der Waals surface area (Å²) in [5, 5.41) is 0. The molecule has 12 heavy (non-hydrogen) atoms. The first kappa shape index (κ1) is 7.68. The van der Waals surface area contributed by atoms with Crippen molar-refractivity contribution in [1.82, 2.24) is 14.9 Å². The van der Waals surface area contributed by atoms with E-state index in [0.717, 1.165) is 26.1 Å². The molecule has 0 saturated carbocycles. The van der Waals surface area contributed by atoms with E-state index in [9.17, 15) is 0 Å². The Morgan fingerprint density at radius 3 is 3.33 bits per heavy atom. The fraction of sp³-hybridized carbons (Fsp3) is 0.556. The largest absolute Gasteiger partial charge is 0.299 e. The minimum atomic E-state index is 1.02. The molecule has 1 aliphatic heterocycles. The second-order valence-corrected chi connectivity index (χ2v) is 3.11. The number of hydrogen-bond acceptors (Lipinski definition) is 3. The third-order valence-corrected chi connectivity index (χ3v) is 2.39. The molecular weight excluding hydrogens is 150 g/mol. The maximum atomic E-state index is 4.25. The van der Waals surface area contributed by atoms with Crippen molar-refractivity contribution in [3.63, 3.8) is 0 Å². The standard InChI is InChI=1S/C9H13N3/c1-2-12-4-3-9-8(6-12)5-10-7-11-9/h5,7H,2-4,6H2,1H3. The van der Waals surface area contributed by atoms with Crippen LogP contribution in [0.4, 0.5) is 0 Å². The summed E-state index contributed by atoms with van der Waals surface area (Å²) in [6, 6.07) is 0. The highest BCUT2D eigenvalue weighted by molar-refractivity contribution is 5.18. The van der Waals surface area contributed by atoms with Crippen molar-refractivity contribution in [2.24, 2.45) is 0 Å². The van der Waals surface area contributed by atoms with Gasteiger partial charge in [0.05, 0.1) is 0 Å². The van der Waals surface area contributed by atoms with E-state index in [4.69, 9.17) is 0 Å². The van der Waals surface area contributed by atoms with Crippen LogP contribution in [0.25, 0.3) is 0 Å². The molecular formula is C9H13N3. The van der Waals surface area contributed by atoms with Gasteiger partial charge < -0.3 is 0 Å². The number of rotatable bonds is 1. The molecule has 2 heterocycles. The van der Waals surface area contributed by atoms with Crippen molar-refractivity contribution in [1.29, 1.82) is 0 Å². The van der Waals surface area contributed by atoms with Gasteiger partial charge in [0, 0.05) is 37.0 Å². The van der Waals surface area contributed by atoms with Gasteiger partial charge in [-0.25, -0.2) is 9.97 Å². The van der Waals surface area contributed by atoms with Crippen molar-refractivity contribution >= 4 is 0 Å². The maximum absolute atomic E-state index is 4.25. The average Bonchev–Trinajstić information content (AvgIpc) is 2.17. The lowest BCUT2D eigenvalue weighted by Gasteiger charge is -2.25. The van der Waals surface area contributed by atoms with Crippen LogP contribution in [-0.2, 0) is 13.0 Å². The molecule has 0 unspecified atom stereocenters. The van der Waals surface area contributed by atoms with Gasteiger partial charge in [-0.05, 0) is 6.54 Å². The van der Waals surface area contributed by atoms with Crippen LogP contribution in [0.3, 0.4) is 0 Å². The number of aromatic nitrogens is 2. The predicted molar refractivity (Wildman–Crippen MR) is 46.7 cm³/mol. The lowest BCUT2D eigenvalue weighted by atomic mass is 10.1. The maximum Gasteiger partial charge on any atom is 0.115 e. The molecule has 0 saturated heterocycles. The van der Waals surface area contributed by atoms with Crippen molar-refractivity contribution in [3.05, 3.63) is 23.8 Å². The van der Waals surface area contributed by atoms with Gasteiger partial charge in [-0.15, -0.1) is 0 Å². The zero-order chi connectivity index (χ0) is 8.39. The number of likely N-dealkylation sites (N-methyl/N-ethyl adjacent to an activating group) is 1. The summed E-state index contributed by atoms with van der Waals surface area (Å²) < 4.78 is 0. The smallest absolute Gasteiger partial charge is 0.115 e. The highest BCUT2D eigenvalue weighted by Crippen LogP contribution is 2.14. The Labute approximate surface area is 72.4 Å². The minimum absolute atomic E-state index is 1.02. The Morgan fingerprint density at radius 2 is 2.50 bits per heavy atom. The second-order valence-electron chi connectivity index (χ2n) is 3.11. The van der Waals surface area contributed by atoms with E-state index in [-0.39, 0.29) is 0 Å². The van der Waals surface area contributed by atoms with Gasteiger partial charge >= 0.3 is 0 Å². The van der Waals surface area contributed by atoms with E-state index in [1.165, 1.54) is 11.3 Å². The van der Waals surface area contributed by atoms with E-state index in [1.807, 2.05) is 6.20 Å². The van der Waals surface area contributed by atoms with Crippen LogP contribution in [0.15, 0.2) is 12.5 Å². The van der Waals surface area contributed by atoms with Crippen molar-refractivity contribution in [2.75, 3.05) is 13.1 Å². The molecule has 0 amide bonds. The van der Waals surface area contributed by atoms with Gasteiger partial charge in [-0.2, -0.15) is 0 Å². The van der Waals surface area contributed by atoms with Crippen LogP contribution >= 0.6 is 0 Å². The molecule has 0 atom stereocenters. The molecule has 3 nitrogen and oxygen atoms in total. The third-order valence-electron chi connectivity index (χ3n) is 2.39. The van der Waals surface area contributed by atoms with Crippen LogP contribution in [0.5, 0.6) is 0 Å². The topological polar surface area (TPSA) is 29.0 Å². The van der Waals surface area contributed by atoms with Gasteiger partial charge in [0.15, 0.2) is 0 Å². The fourth-order valence-electron chi connectivity index (χ4n) is 1.59. The van der Waals surface area contributed by atoms with Crippen molar-refractivity contribution < 1.29 is 0 Å². The number of nitrogens with zero attached hydrogens (tertiary/aromatic N) is 3. The molecule has 1 aromatic heterocycles. The molecule has 0 aliphatic carbocycles. The summed E-state index contributed by atoms with van der Waals surface area (Å²) in [4.78, 5) is 10.7. The van der Waals surface area contributed by atoms with Gasteiger partial charge in [0.2, 0.25) is 0 Å². The Balaban J connectivity index is 2.23. The van der Waals surface area contributed by atoms with E-state index in [0.29, 0.717) is 0 Å². The quantitative estimate of drug-likeness (QED) is 0.614. The van der Waals surface area contributed by atoms with Crippen LogP contribution < -0.4 is 0 Å². The van der Waals surface area contributed by atoms with Gasteiger partial charge in [-0.1, -0.05) is 6.92 Å². The first-order valence-corrected chi connectivity index (χ1v) is 4.40. The lowest BCUT2D eigenvalue weighted by molar-refractivity contribution is 0.265. The minimum Gasteiger partial charge on any atom is -0.299 e. The second kappa shape index (κ2) is 3.19. The Kier molecular flexibility index (Phi) is 2.04. The lowest BCUT2D eigenvalue weighted by Crippen LogP contribution is -2.30. The van der Waals surface area contributed by atoms with Crippen LogP contribution in [0.2, 0.25) is 0 Å². The molecule has 0 fully saturated rings. The monoisotopic (exact) mass is 163 g/mol. The van der Waals surface area contributed by atoms with E-state index in [1.54, 1.807) is 6.33 Å². The van der Waals surface area contributed by atoms with Gasteiger partial charge in [0.25, 0.3) is 0 Å². The fourth-order valence-corrected chi connectivity index (χ4v) is 1.59. The molecule has 0 aromatic carbocycles. The summed E-state index contributed by atoms with van der Waals surface area (Å²) in [5.74, 6) is 0. The zero-order valence-electron chi connectivity index (χ0n) is 7.32. The van der Waals surface area contributed by atoms with Crippen molar-refractivity contribution in [2.45, 2.75) is 19.9 Å². The zero-order valence-corrected chi connectivity index (χ0v) is 7.32. The molecule has 0 radical (unpaired) electrons. The molecule has 3 heteroatoms. The molecule has 0 bridgehead atoms. The molecule has 0 N–H and O–H groups in total. The van der Waals surface area contributed by atoms with Crippen LogP contribution in [0.1, 0.15) is 18.2 Å². The number of hydrogen-bond donors (Lipinski definition) is 0. The number of fused-ring (bicyclic) bond motifs is 1. The predicted octanol–water partition coefficient (Wildman–Crippen LogP) is 0.855. The molecule has 0 spiro atoms. The highest BCUT2D eigenvalue weighted by Gasteiger charge is 2.14. The van der Waals surface area contributed by atoms with Crippen LogP contribution in [0, 0.1) is 0 Å². The first-order chi connectivity index (χ1) is 5.90. The van der Waals surface area contributed by atoms with Crippen LogP contribution in [-0.4, -0.2) is 28.0 Å². The summed E-state index contributed by atoms with van der Waals surface area (Å²) in [6.07, 6.45) is 4.65. The summed E-state index contributed by atoms with van der Waals surface area (Å²) in [6.45, 7) is 5.47. The summed E-state index contributed by atoms with van der Waals surface area (Å²) in [5.41, 5.74) is 2.53. The average molecular weight is 163 g/mol. The first-order valence-electron chi connectivity index (χ1n) is 4.40. The molecule has 2 rings (SSSR count). The Hall–Kier alpha value is -0.960. The summed E-state index contributed by atoms with van der Waals surface area (Å²) >= 11 is 0. The molecule has 1 aromatic rings. The van der Waals surface area contributed by atoms with E-state index >= 15 is 0 Å². The Bertz CT molecular complexity index is 272.